The molecule has 8 heteroatoms. The monoisotopic (exact) mass is 370 g/mol. The first kappa shape index (κ1) is 17.5. The molecule has 2 aromatic rings. The molecule has 3 fully saturated rings. The van der Waals surface area contributed by atoms with Gasteiger partial charge in [0.05, 0.1) is 18.2 Å². The van der Waals surface area contributed by atoms with Crippen LogP contribution in [0.1, 0.15) is 40.3 Å². The van der Waals surface area contributed by atoms with Crippen LogP contribution < -0.4 is 0 Å². The van der Waals surface area contributed by atoms with Crippen LogP contribution in [0.4, 0.5) is 0 Å². The van der Waals surface area contributed by atoms with E-state index in [1.165, 1.54) is 12.3 Å². The summed E-state index contributed by atoms with van der Waals surface area (Å²) in [4.78, 5) is 33.4. The number of fused-ring (bicyclic) bond motifs is 4. The number of amides is 2. The number of hydrogen-bond donors (Lipinski definition) is 1. The minimum atomic E-state index is -0.336. The van der Waals surface area contributed by atoms with Crippen LogP contribution in [0.15, 0.2) is 22.9 Å². The number of aromatic hydroxyl groups is 1. The Hall–Kier alpha value is -2.90. The molecule has 0 unspecified atom stereocenters. The van der Waals surface area contributed by atoms with Gasteiger partial charge in [-0.05, 0) is 38.8 Å². The highest BCUT2D eigenvalue weighted by atomic mass is 16.5. The Labute approximate surface area is 156 Å². The maximum absolute atomic E-state index is 13.0. The molecule has 142 valence electrons. The lowest BCUT2D eigenvalue weighted by molar-refractivity contribution is -0.140. The predicted octanol–water partition coefficient (Wildman–Crippen LogP) is 1.66. The Morgan fingerprint density at radius 1 is 1.33 bits per heavy atom. The van der Waals surface area contributed by atoms with Crippen LogP contribution in [-0.2, 0) is 11.3 Å². The molecule has 27 heavy (non-hydrogen) atoms. The molecule has 2 atom stereocenters. The number of rotatable bonds is 3. The third-order valence-electron chi connectivity index (χ3n) is 5.58. The van der Waals surface area contributed by atoms with Crippen molar-refractivity contribution in [1.82, 2.24) is 19.9 Å². The van der Waals surface area contributed by atoms with Gasteiger partial charge in [-0.3, -0.25) is 9.59 Å². The molecule has 2 amide bonds. The van der Waals surface area contributed by atoms with Gasteiger partial charge in [-0.2, -0.15) is 0 Å². The van der Waals surface area contributed by atoms with E-state index >= 15 is 0 Å². The highest BCUT2D eigenvalue weighted by Crippen LogP contribution is 2.32. The lowest BCUT2D eigenvalue weighted by Gasteiger charge is -2.35. The summed E-state index contributed by atoms with van der Waals surface area (Å²) >= 11 is 0. The van der Waals surface area contributed by atoms with Gasteiger partial charge >= 0.3 is 0 Å². The second-order valence-corrected chi connectivity index (χ2v) is 7.28. The van der Waals surface area contributed by atoms with Crippen LogP contribution in [0.5, 0.6) is 5.75 Å². The van der Waals surface area contributed by atoms with Crippen LogP contribution in [-0.4, -0.2) is 56.0 Å². The summed E-state index contributed by atoms with van der Waals surface area (Å²) in [5, 5.41) is 13.9. The van der Waals surface area contributed by atoms with Crippen molar-refractivity contribution in [2.24, 2.45) is 5.92 Å². The lowest BCUT2D eigenvalue weighted by atomic mass is 9.93. The number of carbonyl (C=O) groups excluding carboxylic acids is 2. The third kappa shape index (κ3) is 3.05. The SMILES string of the molecule is Cc1noc(C)c1CN1C(=O)[C@H]2CC[C@@H]1CN(C(=O)c1ncccc1O)C2. The summed E-state index contributed by atoms with van der Waals surface area (Å²) in [5.41, 5.74) is 1.74. The topological polar surface area (TPSA) is 99.8 Å². The van der Waals surface area contributed by atoms with E-state index < -0.39 is 0 Å². The molecule has 8 nitrogen and oxygen atoms in total. The van der Waals surface area contributed by atoms with Crippen LogP contribution in [0.2, 0.25) is 0 Å². The zero-order chi connectivity index (χ0) is 19.1. The number of piperidine rings is 1. The van der Waals surface area contributed by atoms with Gasteiger partial charge in [-0.15, -0.1) is 0 Å². The van der Waals surface area contributed by atoms with Gasteiger partial charge in [-0.1, -0.05) is 5.16 Å². The summed E-state index contributed by atoms with van der Waals surface area (Å²) in [6, 6.07) is 2.95. The van der Waals surface area contributed by atoms with E-state index in [-0.39, 0.29) is 35.2 Å². The Morgan fingerprint density at radius 2 is 2.15 bits per heavy atom. The summed E-state index contributed by atoms with van der Waals surface area (Å²) in [6.07, 6.45) is 3.09. The van der Waals surface area contributed by atoms with E-state index in [9.17, 15) is 14.7 Å². The minimum Gasteiger partial charge on any atom is -0.505 e. The highest BCUT2D eigenvalue weighted by Gasteiger charge is 2.42. The molecule has 0 aliphatic carbocycles. The lowest BCUT2D eigenvalue weighted by Crippen LogP contribution is -2.47. The zero-order valence-electron chi connectivity index (χ0n) is 15.4. The van der Waals surface area contributed by atoms with Gasteiger partial charge in [0.25, 0.3) is 5.91 Å². The van der Waals surface area contributed by atoms with Gasteiger partial charge in [0.2, 0.25) is 5.91 Å². The van der Waals surface area contributed by atoms with Crippen LogP contribution in [0, 0.1) is 19.8 Å². The van der Waals surface area contributed by atoms with Crippen molar-refractivity contribution in [2.45, 2.75) is 39.3 Å². The molecule has 0 spiro atoms. The van der Waals surface area contributed by atoms with Crippen molar-refractivity contribution in [3.8, 4) is 5.75 Å². The first-order chi connectivity index (χ1) is 13.0. The van der Waals surface area contributed by atoms with Crippen molar-refractivity contribution >= 4 is 11.8 Å². The van der Waals surface area contributed by atoms with Crippen LogP contribution in [0.25, 0.3) is 0 Å². The molecule has 2 aromatic heterocycles. The molecule has 3 aliphatic heterocycles. The fourth-order valence-electron chi connectivity index (χ4n) is 4.02. The second kappa shape index (κ2) is 6.68. The van der Waals surface area contributed by atoms with Crippen LogP contribution >= 0.6 is 0 Å². The van der Waals surface area contributed by atoms with E-state index in [2.05, 4.69) is 10.1 Å². The zero-order valence-corrected chi connectivity index (χ0v) is 15.4. The van der Waals surface area contributed by atoms with E-state index in [0.717, 1.165) is 24.1 Å². The van der Waals surface area contributed by atoms with Crippen molar-refractivity contribution in [3.05, 3.63) is 41.0 Å². The average Bonchev–Trinajstić information content (AvgIpc) is 2.83. The quantitative estimate of drug-likeness (QED) is 0.882. The second-order valence-electron chi connectivity index (χ2n) is 7.28. The molecule has 5 rings (SSSR count). The smallest absolute Gasteiger partial charge is 0.276 e. The molecule has 1 N–H and O–H groups in total. The maximum atomic E-state index is 13.0. The van der Waals surface area contributed by atoms with Crippen molar-refractivity contribution in [1.29, 1.82) is 0 Å². The Balaban J connectivity index is 1.59. The first-order valence-corrected chi connectivity index (χ1v) is 9.11. The number of nitrogens with zero attached hydrogens (tertiary/aromatic N) is 4. The van der Waals surface area contributed by atoms with Gasteiger partial charge < -0.3 is 19.4 Å². The molecular formula is C19H22N4O4. The molecule has 0 radical (unpaired) electrons. The van der Waals surface area contributed by atoms with Gasteiger partial charge in [-0.25, -0.2) is 4.98 Å². The fourth-order valence-corrected chi connectivity index (χ4v) is 4.02. The Morgan fingerprint density at radius 3 is 2.85 bits per heavy atom. The summed E-state index contributed by atoms with van der Waals surface area (Å²) in [6.45, 7) is 4.93. The number of aryl methyl sites for hydroxylation is 2. The van der Waals surface area contributed by atoms with Crippen LogP contribution in [0.3, 0.4) is 0 Å². The van der Waals surface area contributed by atoms with Crippen molar-refractivity contribution in [2.75, 3.05) is 13.1 Å². The van der Waals surface area contributed by atoms with Gasteiger partial charge in [0.15, 0.2) is 5.69 Å². The van der Waals surface area contributed by atoms with E-state index in [1.54, 1.807) is 11.0 Å². The Bertz CT molecular complexity index is 874. The third-order valence-corrected chi connectivity index (χ3v) is 5.58. The Kier molecular flexibility index (Phi) is 4.33. The number of aromatic nitrogens is 2. The molecule has 0 saturated carbocycles. The molecule has 5 heterocycles. The average molecular weight is 370 g/mol. The van der Waals surface area contributed by atoms with Crippen molar-refractivity contribution < 1.29 is 19.2 Å². The first-order valence-electron chi connectivity index (χ1n) is 9.11. The minimum absolute atomic E-state index is 0.0310. The van der Waals surface area contributed by atoms with E-state index in [1.807, 2.05) is 18.7 Å². The maximum Gasteiger partial charge on any atom is 0.276 e. The van der Waals surface area contributed by atoms with Crippen molar-refractivity contribution in [3.63, 3.8) is 0 Å². The van der Waals surface area contributed by atoms with E-state index in [4.69, 9.17) is 4.52 Å². The number of pyridine rings is 1. The molecule has 3 saturated heterocycles. The number of carbonyl (C=O) groups is 2. The molecule has 2 bridgehead atoms. The highest BCUT2D eigenvalue weighted by molar-refractivity contribution is 5.95. The van der Waals surface area contributed by atoms with E-state index in [0.29, 0.717) is 25.4 Å². The molecule has 3 aliphatic rings. The normalized spacial score (nSPS) is 22.2. The summed E-state index contributed by atoms with van der Waals surface area (Å²) in [5.74, 6) is 0.0626. The largest absolute Gasteiger partial charge is 0.505 e. The summed E-state index contributed by atoms with van der Waals surface area (Å²) in [7, 11) is 0. The standard InChI is InChI=1S/C19H22N4O4/c1-11-15(12(2)27-21-11)10-23-14-6-5-13(18(23)25)8-22(9-14)19(26)17-16(24)4-3-7-20-17/h3-4,7,13-14,24H,5-6,8-10H2,1-2H3/t13-,14+/m0/s1. The predicted molar refractivity (Wildman–Crippen MR) is 94.8 cm³/mol. The summed E-state index contributed by atoms with van der Waals surface area (Å²) < 4.78 is 5.23. The molecular weight excluding hydrogens is 348 g/mol. The molecule has 0 aromatic carbocycles. The number of hydrogen-bond acceptors (Lipinski definition) is 6. The van der Waals surface area contributed by atoms with Gasteiger partial charge in [0.1, 0.15) is 11.5 Å². The van der Waals surface area contributed by atoms with Gasteiger partial charge in [0, 0.05) is 30.9 Å². The fraction of sp³-hybridized carbons (Fsp3) is 0.474.